The van der Waals surface area contributed by atoms with Gasteiger partial charge in [0.15, 0.2) is 0 Å². The van der Waals surface area contributed by atoms with Crippen LogP contribution in [-0.4, -0.2) is 39.8 Å². The van der Waals surface area contributed by atoms with Gasteiger partial charge in [0.1, 0.15) is 5.82 Å². The molecular formula is C17H15Cl2N5. The summed E-state index contributed by atoms with van der Waals surface area (Å²) in [5.74, 6) is 0.926. The zero-order valence-electron chi connectivity index (χ0n) is 12.8. The van der Waals surface area contributed by atoms with E-state index in [1.165, 1.54) is 6.42 Å². The minimum absolute atomic E-state index is 0.573. The second-order valence-electron chi connectivity index (χ2n) is 6.46. The predicted molar refractivity (Wildman–Crippen MR) is 96.0 cm³/mol. The molecule has 6 rings (SSSR count). The van der Waals surface area contributed by atoms with Crippen LogP contribution in [0.2, 0.25) is 10.0 Å². The van der Waals surface area contributed by atoms with Crippen molar-refractivity contribution in [1.29, 1.82) is 0 Å². The third-order valence-corrected chi connectivity index (χ3v) is 5.24. The van der Waals surface area contributed by atoms with Gasteiger partial charge in [0.25, 0.3) is 0 Å². The van der Waals surface area contributed by atoms with Gasteiger partial charge < -0.3 is 10.2 Å². The average molecular weight is 360 g/mol. The first kappa shape index (κ1) is 14.5. The van der Waals surface area contributed by atoms with Gasteiger partial charge in [-0.2, -0.15) is 5.10 Å². The van der Waals surface area contributed by atoms with Crippen LogP contribution in [0.15, 0.2) is 36.7 Å². The van der Waals surface area contributed by atoms with Gasteiger partial charge in [-0.15, -0.1) is 0 Å². The van der Waals surface area contributed by atoms with Crippen molar-refractivity contribution in [2.24, 2.45) is 0 Å². The van der Waals surface area contributed by atoms with E-state index in [2.05, 4.69) is 15.3 Å². The number of hydrogen-bond acceptors (Lipinski definition) is 4. The molecule has 24 heavy (non-hydrogen) atoms. The number of hydrogen-bond donors (Lipinski definition) is 1. The van der Waals surface area contributed by atoms with Crippen LogP contribution in [0.4, 0.5) is 5.82 Å². The van der Waals surface area contributed by atoms with Gasteiger partial charge in [-0.1, -0.05) is 23.2 Å². The Morgan fingerprint density at radius 1 is 1.08 bits per heavy atom. The number of halogens is 2. The molecule has 6 heterocycles. The fourth-order valence-electron chi connectivity index (χ4n) is 3.64. The highest BCUT2D eigenvalue weighted by Crippen LogP contribution is 2.31. The Bertz CT molecular complexity index is 922. The van der Waals surface area contributed by atoms with Gasteiger partial charge in [-0.05, 0) is 30.7 Å². The van der Waals surface area contributed by atoms with Crippen molar-refractivity contribution in [1.82, 2.24) is 19.9 Å². The summed E-state index contributed by atoms with van der Waals surface area (Å²) in [6.45, 7) is 1.95. The lowest BCUT2D eigenvalue weighted by Crippen LogP contribution is -2.67. The van der Waals surface area contributed by atoms with Crippen LogP contribution >= 0.6 is 23.2 Å². The molecule has 0 aromatic carbocycles. The van der Waals surface area contributed by atoms with Crippen molar-refractivity contribution in [2.75, 3.05) is 18.0 Å². The van der Waals surface area contributed by atoms with E-state index >= 15 is 0 Å². The topological polar surface area (TPSA) is 45.5 Å². The minimum Gasteiger partial charge on any atom is -0.353 e. The van der Waals surface area contributed by atoms with Crippen molar-refractivity contribution < 1.29 is 0 Å². The van der Waals surface area contributed by atoms with Crippen molar-refractivity contribution >= 4 is 34.5 Å². The monoisotopic (exact) mass is 359 g/mol. The van der Waals surface area contributed by atoms with E-state index in [0.717, 1.165) is 35.7 Å². The molecule has 3 aromatic rings. The molecular weight excluding hydrogens is 345 g/mol. The number of fused-ring (bicyclic) bond motifs is 3. The Hall–Kier alpha value is -1.82. The maximum absolute atomic E-state index is 6.38. The minimum atomic E-state index is 0.573. The zero-order chi connectivity index (χ0) is 16.3. The maximum atomic E-state index is 6.38. The molecule has 3 aliphatic heterocycles. The van der Waals surface area contributed by atoms with E-state index < -0.39 is 0 Å². The summed E-state index contributed by atoms with van der Waals surface area (Å²) >= 11 is 12.5. The largest absolute Gasteiger partial charge is 0.353 e. The van der Waals surface area contributed by atoms with Crippen molar-refractivity contribution in [2.45, 2.75) is 18.5 Å². The summed E-state index contributed by atoms with van der Waals surface area (Å²) in [6, 6.07) is 8.68. The van der Waals surface area contributed by atoms with Crippen molar-refractivity contribution in [3.8, 4) is 11.3 Å². The number of rotatable bonds is 2. The van der Waals surface area contributed by atoms with Gasteiger partial charge >= 0.3 is 0 Å². The highest BCUT2D eigenvalue weighted by molar-refractivity contribution is 6.31. The summed E-state index contributed by atoms with van der Waals surface area (Å²) in [5.41, 5.74) is 2.68. The lowest BCUT2D eigenvalue weighted by atomic mass is 9.91. The molecule has 5 nitrogen and oxygen atoms in total. The Balaban J connectivity index is 1.59. The summed E-state index contributed by atoms with van der Waals surface area (Å²) in [4.78, 5) is 7.16. The van der Waals surface area contributed by atoms with Crippen LogP contribution < -0.4 is 10.2 Å². The zero-order valence-corrected chi connectivity index (χ0v) is 14.3. The van der Waals surface area contributed by atoms with Gasteiger partial charge in [0.2, 0.25) is 0 Å². The number of nitrogens with one attached hydrogen (secondary N) is 1. The van der Waals surface area contributed by atoms with Gasteiger partial charge in [-0.3, -0.25) is 0 Å². The molecule has 3 aliphatic rings. The maximum Gasteiger partial charge on any atom is 0.130 e. The highest BCUT2D eigenvalue weighted by atomic mass is 35.5. The third-order valence-electron chi connectivity index (χ3n) is 4.78. The molecule has 3 aromatic heterocycles. The van der Waals surface area contributed by atoms with Gasteiger partial charge in [0.05, 0.1) is 17.4 Å². The molecule has 0 saturated carbocycles. The summed E-state index contributed by atoms with van der Waals surface area (Å²) in [5, 5.41) is 9.27. The third kappa shape index (κ3) is 2.35. The molecule has 3 fully saturated rings. The van der Waals surface area contributed by atoms with Crippen LogP contribution in [0.1, 0.15) is 6.42 Å². The van der Waals surface area contributed by atoms with E-state index in [0.29, 0.717) is 22.1 Å². The average Bonchev–Trinajstić information content (AvgIpc) is 2.97. The normalized spacial score (nSPS) is 22.7. The van der Waals surface area contributed by atoms with Crippen molar-refractivity contribution in [3.63, 3.8) is 0 Å². The van der Waals surface area contributed by atoms with Crippen LogP contribution in [0.5, 0.6) is 0 Å². The molecule has 0 amide bonds. The summed E-state index contributed by atoms with van der Waals surface area (Å²) in [6.07, 6.45) is 4.91. The Morgan fingerprint density at radius 2 is 1.88 bits per heavy atom. The molecule has 1 N–H and O–H groups in total. The molecule has 0 radical (unpaired) electrons. The van der Waals surface area contributed by atoms with E-state index in [-0.39, 0.29) is 0 Å². The Morgan fingerprint density at radius 3 is 2.67 bits per heavy atom. The van der Waals surface area contributed by atoms with E-state index in [4.69, 9.17) is 28.2 Å². The Kier molecular flexibility index (Phi) is 3.23. The van der Waals surface area contributed by atoms with E-state index in [9.17, 15) is 0 Å². The number of nitrogens with zero attached hydrogens (tertiary/aromatic N) is 4. The second kappa shape index (κ2) is 5.34. The predicted octanol–water partition coefficient (Wildman–Crippen LogP) is 3.25. The Labute approximate surface area is 149 Å². The standard InChI is InChI=1S/C17H15Cl2N5/c18-10-1-2-24-16(4-10)14(7-20-24)15-3-11(19)5-17(22-15)23-8-12-6-13(9-23)21-12/h1-5,7,12-13,21H,6,8-9H2. The molecule has 3 saturated heterocycles. The van der Waals surface area contributed by atoms with E-state index in [1.54, 1.807) is 4.52 Å². The summed E-state index contributed by atoms with van der Waals surface area (Å²) in [7, 11) is 0. The van der Waals surface area contributed by atoms with Crippen molar-refractivity contribution in [3.05, 3.63) is 46.7 Å². The van der Waals surface area contributed by atoms with Gasteiger partial charge in [0, 0.05) is 47.0 Å². The van der Waals surface area contributed by atoms with Gasteiger partial charge in [-0.25, -0.2) is 9.50 Å². The molecule has 7 heteroatoms. The number of pyridine rings is 2. The molecule has 122 valence electrons. The SMILES string of the molecule is Clc1cc(-c2cnn3ccc(Cl)cc23)nc(N2CC3CC(C2)N3)c1. The van der Waals surface area contributed by atoms with Crippen LogP contribution in [0.25, 0.3) is 16.8 Å². The lowest BCUT2D eigenvalue weighted by Gasteiger charge is -2.48. The molecule has 2 bridgehead atoms. The molecule has 0 aliphatic carbocycles. The molecule has 2 unspecified atom stereocenters. The number of aromatic nitrogens is 3. The van der Waals surface area contributed by atoms with Crippen LogP contribution in [0.3, 0.4) is 0 Å². The van der Waals surface area contributed by atoms with Crippen LogP contribution in [0, 0.1) is 0 Å². The number of piperidine rings is 1. The number of piperazine rings is 1. The fourth-order valence-corrected chi connectivity index (χ4v) is 4.00. The number of anilines is 1. The lowest BCUT2D eigenvalue weighted by molar-refractivity contribution is 0.225. The second-order valence-corrected chi connectivity index (χ2v) is 7.34. The van der Waals surface area contributed by atoms with Crippen LogP contribution in [-0.2, 0) is 0 Å². The fraction of sp³-hybridized carbons (Fsp3) is 0.294. The first-order valence-corrected chi connectivity index (χ1v) is 8.73. The quantitative estimate of drug-likeness (QED) is 0.762. The molecule has 0 spiro atoms. The summed E-state index contributed by atoms with van der Waals surface area (Å²) < 4.78 is 1.80. The van der Waals surface area contributed by atoms with E-state index in [1.807, 2.05) is 36.7 Å². The smallest absolute Gasteiger partial charge is 0.130 e. The first-order valence-electron chi connectivity index (χ1n) is 7.97. The highest BCUT2D eigenvalue weighted by Gasteiger charge is 2.37. The first-order chi connectivity index (χ1) is 11.7. The molecule has 2 atom stereocenters.